The van der Waals surface area contributed by atoms with Gasteiger partial charge in [0.05, 0.1) is 5.92 Å². The van der Waals surface area contributed by atoms with Gasteiger partial charge in [0, 0.05) is 11.9 Å². The molecular weight excluding hydrogens is 254 g/mol. The number of amides is 1. The number of allylic oxidation sites excluding steroid dienone is 2. The molecule has 0 radical (unpaired) electrons. The summed E-state index contributed by atoms with van der Waals surface area (Å²) in [6, 6.07) is 0. The van der Waals surface area contributed by atoms with E-state index in [0.717, 1.165) is 0 Å². The summed E-state index contributed by atoms with van der Waals surface area (Å²) in [5.41, 5.74) is 1.51. The highest BCUT2D eigenvalue weighted by atomic mass is 32.1. The van der Waals surface area contributed by atoms with E-state index in [4.69, 9.17) is 0 Å². The van der Waals surface area contributed by atoms with Gasteiger partial charge in [-0.15, -0.1) is 10.2 Å². The molecule has 2 aliphatic carbocycles. The largest absolute Gasteiger partial charge is 0.550 e. The number of nitrogens with zero attached hydrogens (tertiary/aromatic N) is 2. The average Bonchev–Trinajstić information content (AvgIpc) is 3.03. The Balaban J connectivity index is 1.80. The van der Waals surface area contributed by atoms with Crippen molar-refractivity contribution in [3.8, 4) is 0 Å². The number of aromatic nitrogens is 2. The molecule has 4 atom stereocenters. The van der Waals surface area contributed by atoms with Gasteiger partial charge in [0.1, 0.15) is 5.51 Å². The summed E-state index contributed by atoms with van der Waals surface area (Å²) in [6.45, 7) is 0. The van der Waals surface area contributed by atoms with Crippen LogP contribution in [0.5, 0.6) is 0 Å². The first-order valence-electron chi connectivity index (χ1n) is 5.63. The molecule has 7 heteroatoms. The SMILES string of the molecule is O=C(Nc1nncs1)[C@@H]1[C@@H](C(=O)[O-])[C@H]2C=C[C@@H]1C2. The molecule has 3 rings (SSSR count). The first kappa shape index (κ1) is 11.3. The van der Waals surface area contributed by atoms with E-state index >= 15 is 0 Å². The van der Waals surface area contributed by atoms with Crippen molar-refractivity contribution < 1.29 is 14.7 Å². The lowest BCUT2D eigenvalue weighted by Crippen LogP contribution is -2.42. The number of fused-ring (bicyclic) bond motifs is 2. The monoisotopic (exact) mass is 264 g/mol. The summed E-state index contributed by atoms with van der Waals surface area (Å²) in [5, 5.41) is 21.5. The van der Waals surface area contributed by atoms with Crippen molar-refractivity contribution in [2.75, 3.05) is 5.32 Å². The predicted molar refractivity (Wildman–Crippen MR) is 61.3 cm³/mol. The Morgan fingerprint density at radius 3 is 2.67 bits per heavy atom. The summed E-state index contributed by atoms with van der Waals surface area (Å²) >= 11 is 1.20. The molecule has 1 saturated carbocycles. The number of hydrogen-bond donors (Lipinski definition) is 1. The molecule has 18 heavy (non-hydrogen) atoms. The molecule has 0 saturated heterocycles. The van der Waals surface area contributed by atoms with Gasteiger partial charge in [-0.3, -0.25) is 4.79 Å². The number of hydrogen-bond acceptors (Lipinski definition) is 6. The first-order chi connectivity index (χ1) is 8.66. The number of rotatable bonds is 3. The van der Waals surface area contributed by atoms with Crippen LogP contribution in [0.1, 0.15) is 6.42 Å². The van der Waals surface area contributed by atoms with Gasteiger partial charge >= 0.3 is 0 Å². The Bertz CT molecular complexity index is 514. The molecular formula is C11H10N3O3S-. The molecule has 1 amide bonds. The Hall–Kier alpha value is -1.76. The summed E-state index contributed by atoms with van der Waals surface area (Å²) < 4.78 is 0. The lowest BCUT2D eigenvalue weighted by atomic mass is 9.82. The maximum atomic E-state index is 12.1. The normalized spacial score (nSPS) is 32.7. The van der Waals surface area contributed by atoms with E-state index < -0.39 is 17.8 Å². The standard InChI is InChI=1S/C11H11N3O3S/c15-9(13-11-14-12-4-18-11)7-5-1-2-6(3-5)8(7)10(16)17/h1-2,4-8H,3H2,(H,16,17)(H,13,14,15)/p-1/t5-,6+,7+,8+/m1/s1. The molecule has 1 N–H and O–H groups in total. The van der Waals surface area contributed by atoms with E-state index in [1.165, 1.54) is 16.8 Å². The molecule has 94 valence electrons. The van der Waals surface area contributed by atoms with Gasteiger partial charge in [0.15, 0.2) is 0 Å². The second-order valence-electron chi connectivity index (χ2n) is 4.55. The molecule has 1 heterocycles. The van der Waals surface area contributed by atoms with E-state index in [-0.39, 0.29) is 17.7 Å². The second kappa shape index (κ2) is 4.16. The van der Waals surface area contributed by atoms with Crippen molar-refractivity contribution in [2.24, 2.45) is 23.7 Å². The molecule has 0 spiro atoms. The number of carbonyl (C=O) groups excluding carboxylic acids is 2. The maximum Gasteiger partial charge on any atom is 0.230 e. The maximum absolute atomic E-state index is 12.1. The van der Waals surface area contributed by atoms with Crippen LogP contribution in [-0.2, 0) is 9.59 Å². The van der Waals surface area contributed by atoms with Gasteiger partial charge in [-0.1, -0.05) is 23.5 Å². The average molecular weight is 264 g/mol. The fourth-order valence-corrected chi connectivity index (χ4v) is 3.37. The van der Waals surface area contributed by atoms with E-state index in [2.05, 4.69) is 15.5 Å². The molecule has 0 unspecified atom stereocenters. The number of aliphatic carboxylic acids is 1. The minimum absolute atomic E-state index is 0.00850. The third-order valence-corrected chi connectivity index (χ3v) is 4.23. The number of carbonyl (C=O) groups is 2. The van der Waals surface area contributed by atoms with E-state index in [0.29, 0.717) is 11.6 Å². The van der Waals surface area contributed by atoms with Crippen molar-refractivity contribution >= 4 is 28.3 Å². The van der Waals surface area contributed by atoms with Gasteiger partial charge in [0.2, 0.25) is 11.0 Å². The van der Waals surface area contributed by atoms with Gasteiger partial charge in [-0.25, -0.2) is 0 Å². The number of carboxylic acid groups (broad SMARTS) is 1. The molecule has 0 aromatic carbocycles. The van der Waals surface area contributed by atoms with Crippen LogP contribution in [0, 0.1) is 23.7 Å². The van der Waals surface area contributed by atoms with Crippen molar-refractivity contribution in [3.05, 3.63) is 17.7 Å². The molecule has 2 bridgehead atoms. The Morgan fingerprint density at radius 1 is 1.33 bits per heavy atom. The van der Waals surface area contributed by atoms with Gasteiger partial charge < -0.3 is 15.2 Å². The molecule has 0 aliphatic heterocycles. The lowest BCUT2D eigenvalue weighted by Gasteiger charge is -2.27. The topological polar surface area (TPSA) is 95.0 Å². The van der Waals surface area contributed by atoms with E-state index in [1.54, 1.807) is 0 Å². The lowest BCUT2D eigenvalue weighted by molar-refractivity contribution is -0.313. The summed E-state index contributed by atoms with van der Waals surface area (Å²) in [5.74, 6) is -2.83. The Labute approximate surface area is 107 Å². The quantitative estimate of drug-likeness (QED) is 0.754. The first-order valence-corrected chi connectivity index (χ1v) is 6.51. The minimum atomic E-state index is -1.15. The Morgan fingerprint density at radius 2 is 2.06 bits per heavy atom. The highest BCUT2D eigenvalue weighted by molar-refractivity contribution is 7.13. The van der Waals surface area contributed by atoms with Crippen molar-refractivity contribution in [1.82, 2.24) is 10.2 Å². The zero-order valence-electron chi connectivity index (χ0n) is 9.28. The zero-order valence-corrected chi connectivity index (χ0v) is 10.1. The van der Waals surface area contributed by atoms with Crippen LogP contribution in [0.3, 0.4) is 0 Å². The molecule has 2 aliphatic rings. The fraction of sp³-hybridized carbons (Fsp3) is 0.455. The molecule has 1 aromatic heterocycles. The van der Waals surface area contributed by atoms with Crippen LogP contribution in [0.4, 0.5) is 5.13 Å². The van der Waals surface area contributed by atoms with Crippen LogP contribution in [-0.4, -0.2) is 22.1 Å². The van der Waals surface area contributed by atoms with E-state index in [9.17, 15) is 14.7 Å². The minimum Gasteiger partial charge on any atom is -0.550 e. The Kier molecular flexibility index (Phi) is 2.62. The van der Waals surface area contributed by atoms with Crippen LogP contribution in [0.2, 0.25) is 0 Å². The van der Waals surface area contributed by atoms with Crippen LogP contribution >= 0.6 is 11.3 Å². The third kappa shape index (κ3) is 1.71. The molecule has 6 nitrogen and oxygen atoms in total. The van der Waals surface area contributed by atoms with Crippen LogP contribution in [0.15, 0.2) is 17.7 Å². The van der Waals surface area contributed by atoms with Gasteiger partial charge in [-0.2, -0.15) is 0 Å². The van der Waals surface area contributed by atoms with Crippen molar-refractivity contribution in [1.29, 1.82) is 0 Å². The van der Waals surface area contributed by atoms with Crippen LogP contribution in [0.25, 0.3) is 0 Å². The number of anilines is 1. The zero-order chi connectivity index (χ0) is 12.7. The van der Waals surface area contributed by atoms with Crippen molar-refractivity contribution in [2.45, 2.75) is 6.42 Å². The molecule has 1 fully saturated rings. The second-order valence-corrected chi connectivity index (χ2v) is 5.39. The summed E-state index contributed by atoms with van der Waals surface area (Å²) in [4.78, 5) is 23.3. The highest BCUT2D eigenvalue weighted by Gasteiger charge is 2.48. The number of carboxylic acids is 1. The number of nitrogens with one attached hydrogen (secondary N) is 1. The van der Waals surface area contributed by atoms with Gasteiger partial charge in [0.25, 0.3) is 0 Å². The predicted octanol–water partition coefficient (Wildman–Crippen LogP) is -0.335. The van der Waals surface area contributed by atoms with Crippen LogP contribution < -0.4 is 10.4 Å². The molecule has 1 aromatic rings. The van der Waals surface area contributed by atoms with Gasteiger partial charge in [-0.05, 0) is 18.3 Å². The summed E-state index contributed by atoms with van der Waals surface area (Å²) in [7, 11) is 0. The highest BCUT2D eigenvalue weighted by Crippen LogP contribution is 2.48. The third-order valence-electron chi connectivity index (χ3n) is 3.62. The fourth-order valence-electron chi connectivity index (χ4n) is 2.92. The van der Waals surface area contributed by atoms with E-state index in [1.807, 2.05) is 12.2 Å². The summed E-state index contributed by atoms with van der Waals surface area (Å²) in [6.07, 6.45) is 4.52. The smallest absolute Gasteiger partial charge is 0.230 e. The van der Waals surface area contributed by atoms with Crippen molar-refractivity contribution in [3.63, 3.8) is 0 Å².